The lowest BCUT2D eigenvalue weighted by atomic mass is 9.64. The molecule has 0 spiro atoms. The van der Waals surface area contributed by atoms with Gasteiger partial charge >= 0.3 is 0 Å². The van der Waals surface area contributed by atoms with Gasteiger partial charge in [0.1, 0.15) is 11.6 Å². The van der Waals surface area contributed by atoms with Gasteiger partial charge in [0.15, 0.2) is 0 Å². The van der Waals surface area contributed by atoms with Crippen LogP contribution in [0.1, 0.15) is 68.9 Å². The molecule has 0 radical (unpaired) electrons. The molecule has 2 aliphatic rings. The van der Waals surface area contributed by atoms with E-state index in [1.807, 2.05) is 12.1 Å². The molecule has 4 rings (SSSR count). The summed E-state index contributed by atoms with van der Waals surface area (Å²) >= 11 is 0. The van der Waals surface area contributed by atoms with Crippen molar-refractivity contribution >= 4 is 10.8 Å². The number of benzene rings is 2. The minimum Gasteiger partial charge on any atom is -0.207 e. The van der Waals surface area contributed by atoms with Crippen LogP contribution >= 0.6 is 0 Å². The van der Waals surface area contributed by atoms with Crippen molar-refractivity contribution in [1.29, 1.82) is 0 Å². The van der Waals surface area contributed by atoms with Gasteiger partial charge in [-0.25, -0.2) is 8.78 Å². The van der Waals surface area contributed by atoms with E-state index >= 15 is 4.39 Å². The fourth-order valence-electron chi connectivity index (χ4n) is 5.54. The zero-order chi connectivity index (χ0) is 19.0. The van der Waals surface area contributed by atoms with Gasteiger partial charge in [0.2, 0.25) is 0 Å². The molecule has 2 saturated carbocycles. The van der Waals surface area contributed by atoms with E-state index in [-0.39, 0.29) is 17.6 Å². The van der Waals surface area contributed by atoms with Gasteiger partial charge in [-0.05, 0) is 97.3 Å². The lowest BCUT2D eigenvalue weighted by Gasteiger charge is -2.41. The lowest BCUT2D eigenvalue weighted by Crippen LogP contribution is -2.29. The van der Waals surface area contributed by atoms with Gasteiger partial charge in [-0.3, -0.25) is 0 Å². The van der Waals surface area contributed by atoms with E-state index < -0.39 is 0 Å². The van der Waals surface area contributed by atoms with Crippen LogP contribution in [0.5, 0.6) is 0 Å². The van der Waals surface area contributed by atoms with Crippen molar-refractivity contribution in [2.75, 3.05) is 0 Å². The number of aryl methyl sites for hydroxylation is 1. The van der Waals surface area contributed by atoms with Crippen molar-refractivity contribution in [3.63, 3.8) is 0 Å². The number of allylic oxidation sites excluding steroid dienone is 1. The average molecular weight is 369 g/mol. The molecule has 2 aromatic carbocycles. The number of fused-ring (bicyclic) bond motifs is 2. The summed E-state index contributed by atoms with van der Waals surface area (Å²) in [6.07, 6.45) is 10.4. The van der Waals surface area contributed by atoms with Gasteiger partial charge in [0, 0.05) is 5.39 Å². The maximum absolute atomic E-state index is 15.3. The van der Waals surface area contributed by atoms with Crippen LogP contribution in [0.25, 0.3) is 10.8 Å². The summed E-state index contributed by atoms with van der Waals surface area (Å²) in [6, 6.07) is 7.16. The molecule has 2 heteroatoms. The van der Waals surface area contributed by atoms with Crippen molar-refractivity contribution in [1.82, 2.24) is 0 Å². The molecule has 2 aliphatic carbocycles. The predicted octanol–water partition coefficient (Wildman–Crippen LogP) is 7.56. The highest BCUT2D eigenvalue weighted by Crippen LogP contribution is 2.48. The van der Waals surface area contributed by atoms with E-state index in [2.05, 4.69) is 13.5 Å². The highest BCUT2D eigenvalue weighted by Gasteiger charge is 2.35. The molecule has 0 bridgehead atoms. The molecule has 2 aromatic rings. The third-order valence-electron chi connectivity index (χ3n) is 7.08. The van der Waals surface area contributed by atoms with Gasteiger partial charge in [-0.2, -0.15) is 0 Å². The summed E-state index contributed by atoms with van der Waals surface area (Å²) in [5.41, 5.74) is 1.45. The van der Waals surface area contributed by atoms with Crippen LogP contribution < -0.4 is 0 Å². The average Bonchev–Trinajstić information content (AvgIpc) is 2.67. The molecule has 0 N–H and O–H groups in total. The van der Waals surface area contributed by atoms with E-state index in [1.165, 1.54) is 31.7 Å². The van der Waals surface area contributed by atoms with Crippen molar-refractivity contribution in [2.45, 2.75) is 64.2 Å². The standard InChI is InChI=1S/C25H30F2/c1-3-4-5-21-14-20-10-11-22(25(27)23(20)15-24(21)26)19-9-8-17-12-16(2)6-7-18(17)13-19/h3,10-11,14-19H,1,4-9,12-13H2,2H3/t16?,17-,18?,19-/m1/s1. The number of halogens is 2. The minimum atomic E-state index is -0.301. The van der Waals surface area contributed by atoms with Crippen LogP contribution in [0.3, 0.4) is 0 Å². The summed E-state index contributed by atoms with van der Waals surface area (Å²) in [4.78, 5) is 0. The predicted molar refractivity (Wildman–Crippen MR) is 109 cm³/mol. The Morgan fingerprint density at radius 3 is 2.63 bits per heavy atom. The molecule has 0 amide bonds. The Morgan fingerprint density at radius 1 is 1.04 bits per heavy atom. The quantitative estimate of drug-likeness (QED) is 0.489. The SMILES string of the molecule is C=CCCc1cc2ccc([C@@H]3CC[C@@H]4CC(C)CCC4C3)c(F)c2cc1F. The second-order valence-corrected chi connectivity index (χ2v) is 8.91. The van der Waals surface area contributed by atoms with E-state index in [1.54, 1.807) is 12.1 Å². The van der Waals surface area contributed by atoms with Gasteiger partial charge in [0.25, 0.3) is 0 Å². The molecule has 0 saturated heterocycles. The molecule has 2 fully saturated rings. The first-order chi connectivity index (χ1) is 13.1. The van der Waals surface area contributed by atoms with Crippen LogP contribution in [-0.2, 0) is 6.42 Å². The normalized spacial score (nSPS) is 28.1. The molecule has 0 aliphatic heterocycles. The Morgan fingerprint density at radius 2 is 1.81 bits per heavy atom. The third kappa shape index (κ3) is 3.68. The fourth-order valence-corrected chi connectivity index (χ4v) is 5.54. The van der Waals surface area contributed by atoms with Crippen LogP contribution in [0.4, 0.5) is 8.78 Å². The summed E-state index contributed by atoms with van der Waals surface area (Å²) in [7, 11) is 0. The van der Waals surface area contributed by atoms with Crippen molar-refractivity contribution in [3.05, 3.63) is 59.7 Å². The number of hydrogen-bond donors (Lipinski definition) is 0. The van der Waals surface area contributed by atoms with Crippen molar-refractivity contribution in [3.8, 4) is 0 Å². The Bertz CT molecular complexity index is 838. The second kappa shape index (κ2) is 7.73. The van der Waals surface area contributed by atoms with E-state index in [9.17, 15) is 4.39 Å². The zero-order valence-electron chi connectivity index (χ0n) is 16.3. The van der Waals surface area contributed by atoms with Gasteiger partial charge in [-0.15, -0.1) is 6.58 Å². The van der Waals surface area contributed by atoms with Crippen LogP contribution in [-0.4, -0.2) is 0 Å². The topological polar surface area (TPSA) is 0 Å². The maximum atomic E-state index is 15.3. The highest BCUT2D eigenvalue weighted by molar-refractivity contribution is 5.85. The largest absolute Gasteiger partial charge is 0.207 e. The summed E-state index contributed by atoms with van der Waals surface area (Å²) in [5, 5.41) is 1.24. The molecule has 27 heavy (non-hydrogen) atoms. The fraction of sp³-hybridized carbons (Fsp3) is 0.520. The van der Waals surface area contributed by atoms with Gasteiger partial charge < -0.3 is 0 Å². The van der Waals surface area contributed by atoms with Crippen molar-refractivity contribution < 1.29 is 8.78 Å². The van der Waals surface area contributed by atoms with Gasteiger partial charge in [0.05, 0.1) is 0 Å². The molecule has 2 unspecified atom stereocenters. The third-order valence-corrected chi connectivity index (χ3v) is 7.08. The highest BCUT2D eigenvalue weighted by atomic mass is 19.1. The molecular weight excluding hydrogens is 338 g/mol. The molecular formula is C25H30F2. The first kappa shape index (κ1) is 18.7. The lowest BCUT2D eigenvalue weighted by molar-refractivity contribution is 0.124. The Kier molecular flexibility index (Phi) is 5.34. The maximum Gasteiger partial charge on any atom is 0.134 e. The first-order valence-corrected chi connectivity index (χ1v) is 10.6. The Labute approximate surface area is 161 Å². The van der Waals surface area contributed by atoms with E-state index in [4.69, 9.17) is 0 Å². The molecule has 0 nitrogen and oxygen atoms in total. The van der Waals surface area contributed by atoms with Crippen LogP contribution in [0.2, 0.25) is 0 Å². The minimum absolute atomic E-state index is 0.200. The molecule has 4 atom stereocenters. The van der Waals surface area contributed by atoms with Crippen molar-refractivity contribution in [2.24, 2.45) is 17.8 Å². The summed E-state index contributed by atoms with van der Waals surface area (Å²) in [5.74, 6) is 2.21. The molecule has 0 heterocycles. The number of rotatable bonds is 4. The Hall–Kier alpha value is -1.70. The van der Waals surface area contributed by atoms with Crippen LogP contribution in [0.15, 0.2) is 36.9 Å². The van der Waals surface area contributed by atoms with Crippen LogP contribution in [0, 0.1) is 29.4 Å². The smallest absolute Gasteiger partial charge is 0.134 e. The van der Waals surface area contributed by atoms with E-state index in [0.717, 1.165) is 48.0 Å². The number of hydrogen-bond acceptors (Lipinski definition) is 0. The first-order valence-electron chi connectivity index (χ1n) is 10.6. The molecule has 0 aromatic heterocycles. The molecule has 144 valence electrons. The zero-order valence-corrected chi connectivity index (χ0v) is 16.3. The Balaban J connectivity index is 1.61. The van der Waals surface area contributed by atoms with Gasteiger partial charge in [-0.1, -0.05) is 31.6 Å². The summed E-state index contributed by atoms with van der Waals surface area (Å²) in [6.45, 7) is 6.06. The monoisotopic (exact) mass is 368 g/mol. The second-order valence-electron chi connectivity index (χ2n) is 8.91. The van der Waals surface area contributed by atoms with E-state index in [0.29, 0.717) is 17.4 Å². The summed E-state index contributed by atoms with van der Waals surface area (Å²) < 4.78 is 29.8.